The van der Waals surface area contributed by atoms with Gasteiger partial charge < -0.3 is 24.8 Å². The lowest BCUT2D eigenvalue weighted by molar-refractivity contribution is 0.321. The molecular weight excluding hydrogens is 256 g/mol. The van der Waals surface area contributed by atoms with Crippen molar-refractivity contribution in [1.82, 2.24) is 10.6 Å². The molecular formula is C15H26N2O3. The molecule has 1 aromatic carbocycles. The van der Waals surface area contributed by atoms with E-state index in [1.54, 1.807) is 21.3 Å². The van der Waals surface area contributed by atoms with Gasteiger partial charge in [0.2, 0.25) is 5.75 Å². The van der Waals surface area contributed by atoms with E-state index >= 15 is 0 Å². The molecule has 0 saturated heterocycles. The standard InChI is InChI=1S/C15H26N2O3/c1-11(2)17-9-8-16-10-12-6-7-13(18-3)15(20-5)14(12)19-4/h6-7,11,16-17H,8-10H2,1-5H3. The molecule has 0 fully saturated rings. The van der Waals surface area contributed by atoms with Crippen molar-refractivity contribution in [2.45, 2.75) is 26.4 Å². The molecule has 2 N–H and O–H groups in total. The molecule has 0 aliphatic rings. The highest BCUT2D eigenvalue weighted by atomic mass is 16.5. The van der Waals surface area contributed by atoms with Gasteiger partial charge in [0.15, 0.2) is 11.5 Å². The van der Waals surface area contributed by atoms with E-state index in [2.05, 4.69) is 24.5 Å². The zero-order valence-corrected chi connectivity index (χ0v) is 13.1. The number of ether oxygens (including phenoxy) is 3. The van der Waals surface area contributed by atoms with Gasteiger partial charge in [-0.3, -0.25) is 0 Å². The van der Waals surface area contributed by atoms with Crippen LogP contribution in [0.15, 0.2) is 12.1 Å². The van der Waals surface area contributed by atoms with Gasteiger partial charge in [-0.1, -0.05) is 19.9 Å². The topological polar surface area (TPSA) is 51.8 Å². The summed E-state index contributed by atoms with van der Waals surface area (Å²) < 4.78 is 16.1. The first-order valence-corrected chi connectivity index (χ1v) is 6.86. The largest absolute Gasteiger partial charge is 0.493 e. The average Bonchev–Trinajstić information content (AvgIpc) is 2.45. The molecule has 5 nitrogen and oxygen atoms in total. The minimum atomic E-state index is 0.507. The fourth-order valence-electron chi connectivity index (χ4n) is 1.97. The van der Waals surface area contributed by atoms with E-state index in [-0.39, 0.29) is 0 Å². The van der Waals surface area contributed by atoms with Gasteiger partial charge in [0.05, 0.1) is 21.3 Å². The summed E-state index contributed by atoms with van der Waals surface area (Å²) in [7, 11) is 4.87. The molecule has 0 unspecified atom stereocenters. The fraction of sp³-hybridized carbons (Fsp3) is 0.600. The fourth-order valence-corrected chi connectivity index (χ4v) is 1.97. The summed E-state index contributed by atoms with van der Waals surface area (Å²) in [5, 5.41) is 6.74. The van der Waals surface area contributed by atoms with Crippen LogP contribution in [0.1, 0.15) is 19.4 Å². The SMILES string of the molecule is COc1ccc(CNCCNC(C)C)c(OC)c1OC. The molecule has 5 heteroatoms. The summed E-state index contributed by atoms with van der Waals surface area (Å²) in [4.78, 5) is 0. The van der Waals surface area contributed by atoms with Gasteiger partial charge in [0.25, 0.3) is 0 Å². The zero-order chi connectivity index (χ0) is 15.0. The van der Waals surface area contributed by atoms with Gasteiger partial charge in [0.1, 0.15) is 0 Å². The van der Waals surface area contributed by atoms with Crippen molar-refractivity contribution < 1.29 is 14.2 Å². The number of rotatable bonds is 9. The predicted molar refractivity (Wildman–Crippen MR) is 80.9 cm³/mol. The minimum Gasteiger partial charge on any atom is -0.493 e. The summed E-state index contributed by atoms with van der Waals surface area (Å²) in [6.45, 7) is 6.83. The molecule has 0 amide bonds. The van der Waals surface area contributed by atoms with Crippen molar-refractivity contribution >= 4 is 0 Å². The van der Waals surface area contributed by atoms with Crippen LogP contribution in [0, 0.1) is 0 Å². The Morgan fingerprint density at radius 1 is 0.950 bits per heavy atom. The number of hydrogen-bond acceptors (Lipinski definition) is 5. The van der Waals surface area contributed by atoms with E-state index in [0.29, 0.717) is 17.5 Å². The van der Waals surface area contributed by atoms with Crippen LogP contribution >= 0.6 is 0 Å². The third-order valence-electron chi connectivity index (χ3n) is 2.96. The molecule has 0 aromatic heterocycles. The molecule has 1 aromatic rings. The van der Waals surface area contributed by atoms with E-state index < -0.39 is 0 Å². The monoisotopic (exact) mass is 282 g/mol. The van der Waals surface area contributed by atoms with Crippen molar-refractivity contribution in [2.24, 2.45) is 0 Å². The van der Waals surface area contributed by atoms with Crippen molar-refractivity contribution in [2.75, 3.05) is 34.4 Å². The average molecular weight is 282 g/mol. The molecule has 0 heterocycles. The van der Waals surface area contributed by atoms with E-state index in [9.17, 15) is 0 Å². The van der Waals surface area contributed by atoms with E-state index in [1.807, 2.05) is 12.1 Å². The van der Waals surface area contributed by atoms with Gasteiger partial charge in [-0.2, -0.15) is 0 Å². The molecule has 20 heavy (non-hydrogen) atoms. The van der Waals surface area contributed by atoms with Gasteiger partial charge in [-0.05, 0) is 6.07 Å². The Labute approximate surface area is 121 Å². The van der Waals surface area contributed by atoms with Crippen LogP contribution in [0.5, 0.6) is 17.2 Å². The first-order valence-electron chi connectivity index (χ1n) is 6.86. The Kier molecular flexibility index (Phi) is 7.18. The molecule has 114 valence electrons. The molecule has 0 aliphatic heterocycles. The summed E-state index contributed by atoms with van der Waals surface area (Å²) in [6.07, 6.45) is 0. The van der Waals surface area contributed by atoms with Crippen molar-refractivity contribution in [3.63, 3.8) is 0 Å². The third-order valence-corrected chi connectivity index (χ3v) is 2.96. The van der Waals surface area contributed by atoms with Crippen LogP contribution in [0.2, 0.25) is 0 Å². The molecule has 0 radical (unpaired) electrons. The molecule has 0 saturated carbocycles. The summed E-state index contributed by atoms with van der Waals surface area (Å²) in [5.74, 6) is 2.03. The van der Waals surface area contributed by atoms with Gasteiger partial charge in [-0.25, -0.2) is 0 Å². The Bertz CT molecular complexity index is 408. The lowest BCUT2D eigenvalue weighted by Crippen LogP contribution is -2.31. The molecule has 0 spiro atoms. The van der Waals surface area contributed by atoms with Crippen LogP contribution in [0.4, 0.5) is 0 Å². The lowest BCUT2D eigenvalue weighted by Gasteiger charge is -2.16. The third kappa shape index (κ3) is 4.58. The van der Waals surface area contributed by atoms with E-state index in [0.717, 1.165) is 30.9 Å². The van der Waals surface area contributed by atoms with Crippen LogP contribution in [0.25, 0.3) is 0 Å². The van der Waals surface area contributed by atoms with Gasteiger partial charge in [-0.15, -0.1) is 0 Å². The first kappa shape index (κ1) is 16.6. The number of hydrogen-bond donors (Lipinski definition) is 2. The van der Waals surface area contributed by atoms with Crippen LogP contribution in [0.3, 0.4) is 0 Å². The quantitative estimate of drug-likeness (QED) is 0.676. The second-order valence-corrected chi connectivity index (χ2v) is 4.78. The van der Waals surface area contributed by atoms with Crippen molar-refractivity contribution in [3.05, 3.63) is 17.7 Å². The molecule has 0 bridgehead atoms. The van der Waals surface area contributed by atoms with Crippen LogP contribution < -0.4 is 24.8 Å². The Balaban J connectivity index is 2.65. The Hall–Kier alpha value is -1.46. The van der Waals surface area contributed by atoms with E-state index in [1.165, 1.54) is 0 Å². The first-order chi connectivity index (χ1) is 9.63. The maximum Gasteiger partial charge on any atom is 0.203 e. The summed E-state index contributed by atoms with van der Waals surface area (Å²) in [6, 6.07) is 4.39. The lowest BCUT2D eigenvalue weighted by atomic mass is 10.1. The van der Waals surface area contributed by atoms with Crippen molar-refractivity contribution in [1.29, 1.82) is 0 Å². The van der Waals surface area contributed by atoms with Gasteiger partial charge in [0, 0.05) is 31.2 Å². The van der Waals surface area contributed by atoms with E-state index in [4.69, 9.17) is 14.2 Å². The normalized spacial score (nSPS) is 10.7. The molecule has 0 aliphatic carbocycles. The van der Waals surface area contributed by atoms with Crippen LogP contribution in [-0.4, -0.2) is 40.5 Å². The summed E-state index contributed by atoms with van der Waals surface area (Å²) >= 11 is 0. The molecule has 1 rings (SSSR count). The second kappa shape index (κ2) is 8.66. The van der Waals surface area contributed by atoms with Crippen LogP contribution in [-0.2, 0) is 6.54 Å². The predicted octanol–water partition coefficient (Wildman–Crippen LogP) is 1.80. The van der Waals surface area contributed by atoms with Gasteiger partial charge >= 0.3 is 0 Å². The number of nitrogens with one attached hydrogen (secondary N) is 2. The minimum absolute atomic E-state index is 0.507. The second-order valence-electron chi connectivity index (χ2n) is 4.78. The highest BCUT2D eigenvalue weighted by Gasteiger charge is 2.15. The number of methoxy groups -OCH3 is 3. The van der Waals surface area contributed by atoms with Crippen molar-refractivity contribution in [3.8, 4) is 17.2 Å². The number of benzene rings is 1. The smallest absolute Gasteiger partial charge is 0.203 e. The Morgan fingerprint density at radius 2 is 1.65 bits per heavy atom. The molecule has 0 atom stereocenters. The summed E-state index contributed by atoms with van der Waals surface area (Å²) in [5.41, 5.74) is 1.05. The zero-order valence-electron chi connectivity index (χ0n) is 13.1. The highest BCUT2D eigenvalue weighted by Crippen LogP contribution is 2.39. The maximum atomic E-state index is 5.44. The Morgan fingerprint density at radius 3 is 2.20 bits per heavy atom. The maximum absolute atomic E-state index is 5.44. The highest BCUT2D eigenvalue weighted by molar-refractivity contribution is 5.55.